The Balaban J connectivity index is 1.67. The van der Waals surface area contributed by atoms with Gasteiger partial charge in [-0.05, 0) is 18.6 Å². The fourth-order valence-corrected chi connectivity index (χ4v) is 2.91. The van der Waals surface area contributed by atoms with Gasteiger partial charge in [-0.3, -0.25) is 19.4 Å². The van der Waals surface area contributed by atoms with E-state index in [1.807, 2.05) is 12.1 Å². The average Bonchev–Trinajstić information content (AvgIpc) is 2.59. The normalized spacial score (nSPS) is 15.8. The van der Waals surface area contributed by atoms with Crippen LogP contribution in [0.4, 0.5) is 5.69 Å². The maximum Gasteiger partial charge on any atom is 0.238 e. The molecule has 138 valence electrons. The molecule has 7 heteroatoms. The summed E-state index contributed by atoms with van der Waals surface area (Å²) in [5, 5.41) is 6.31. The van der Waals surface area contributed by atoms with E-state index < -0.39 is 0 Å². The Morgan fingerprint density at radius 2 is 1.64 bits per heavy atom. The maximum absolute atomic E-state index is 12.1. The van der Waals surface area contributed by atoms with Crippen LogP contribution >= 0.6 is 11.6 Å². The number of amides is 2. The van der Waals surface area contributed by atoms with Crippen LogP contribution in [0.25, 0.3) is 0 Å². The van der Waals surface area contributed by atoms with Crippen molar-refractivity contribution in [3.8, 4) is 0 Å². The van der Waals surface area contributed by atoms with Crippen LogP contribution in [0, 0.1) is 0 Å². The number of halogens is 1. The third kappa shape index (κ3) is 7.02. The lowest BCUT2D eigenvalue weighted by Crippen LogP contribution is -2.51. The Hall–Kier alpha value is -1.63. The van der Waals surface area contributed by atoms with E-state index in [2.05, 4.69) is 27.4 Å². The highest BCUT2D eigenvalue weighted by atomic mass is 35.5. The molecule has 2 amide bonds. The number of para-hydroxylation sites is 1. The Bertz CT molecular complexity index is 574. The van der Waals surface area contributed by atoms with Crippen molar-refractivity contribution in [3.05, 3.63) is 29.3 Å². The van der Waals surface area contributed by atoms with Gasteiger partial charge in [-0.15, -0.1) is 0 Å². The van der Waals surface area contributed by atoms with Gasteiger partial charge in [0.15, 0.2) is 0 Å². The number of benzene rings is 1. The number of anilines is 1. The number of unbranched alkanes of at least 4 members (excludes halogenated alkanes) is 1. The minimum Gasteiger partial charge on any atom is -0.355 e. The number of rotatable bonds is 8. The van der Waals surface area contributed by atoms with Gasteiger partial charge >= 0.3 is 0 Å². The molecule has 6 nitrogen and oxygen atoms in total. The zero-order valence-corrected chi connectivity index (χ0v) is 15.5. The standard InChI is InChI=1S/C18H27ClN4O2/c1-2-3-8-20-17(24)13-22-9-11-23(12-10-22)14-18(25)21-16-7-5-4-6-15(16)19/h4-7H,2-3,8-14H2,1H3,(H,20,24)(H,21,25). The number of carbonyl (C=O) groups is 2. The van der Waals surface area contributed by atoms with Crippen LogP contribution in [0.15, 0.2) is 24.3 Å². The lowest BCUT2D eigenvalue weighted by Gasteiger charge is -2.33. The average molecular weight is 367 g/mol. The van der Waals surface area contributed by atoms with Crippen LogP contribution in [0.1, 0.15) is 19.8 Å². The molecule has 1 saturated heterocycles. The number of hydrogen-bond donors (Lipinski definition) is 2. The summed E-state index contributed by atoms with van der Waals surface area (Å²) in [5.74, 6) is 0.0113. The highest BCUT2D eigenvalue weighted by molar-refractivity contribution is 6.33. The Kier molecular flexibility index (Phi) is 8.18. The molecule has 1 heterocycles. The topological polar surface area (TPSA) is 64.7 Å². The second kappa shape index (κ2) is 10.4. The molecule has 0 radical (unpaired) electrons. The zero-order valence-electron chi connectivity index (χ0n) is 14.8. The van der Waals surface area contributed by atoms with Crippen LogP contribution in [-0.4, -0.2) is 67.4 Å². The molecule has 0 spiro atoms. The molecule has 0 bridgehead atoms. The van der Waals surface area contributed by atoms with Crippen molar-refractivity contribution in [2.45, 2.75) is 19.8 Å². The summed E-state index contributed by atoms with van der Waals surface area (Å²) in [6.07, 6.45) is 2.09. The second-order valence-electron chi connectivity index (χ2n) is 6.28. The predicted molar refractivity (Wildman–Crippen MR) is 101 cm³/mol. The highest BCUT2D eigenvalue weighted by Crippen LogP contribution is 2.20. The fraction of sp³-hybridized carbons (Fsp3) is 0.556. The van der Waals surface area contributed by atoms with Crippen LogP contribution in [0.2, 0.25) is 5.02 Å². The smallest absolute Gasteiger partial charge is 0.238 e. The van der Waals surface area contributed by atoms with E-state index >= 15 is 0 Å². The van der Waals surface area contributed by atoms with Gasteiger partial charge in [0.2, 0.25) is 11.8 Å². The van der Waals surface area contributed by atoms with Crippen LogP contribution in [-0.2, 0) is 9.59 Å². The van der Waals surface area contributed by atoms with E-state index in [1.165, 1.54) is 0 Å². The van der Waals surface area contributed by atoms with Crippen molar-refractivity contribution in [2.24, 2.45) is 0 Å². The van der Waals surface area contributed by atoms with E-state index in [4.69, 9.17) is 11.6 Å². The van der Waals surface area contributed by atoms with Crippen molar-refractivity contribution in [2.75, 3.05) is 51.1 Å². The van der Waals surface area contributed by atoms with Gasteiger partial charge in [-0.1, -0.05) is 37.1 Å². The highest BCUT2D eigenvalue weighted by Gasteiger charge is 2.20. The SMILES string of the molecule is CCCCNC(=O)CN1CCN(CC(=O)Nc2ccccc2Cl)CC1. The number of carbonyl (C=O) groups excluding carboxylic acids is 2. The summed E-state index contributed by atoms with van der Waals surface area (Å²) >= 11 is 6.05. The summed E-state index contributed by atoms with van der Waals surface area (Å²) < 4.78 is 0. The number of hydrogen-bond acceptors (Lipinski definition) is 4. The number of piperazine rings is 1. The summed E-state index contributed by atoms with van der Waals surface area (Å²) in [6, 6.07) is 7.21. The third-order valence-corrected chi connectivity index (χ3v) is 4.53. The first kappa shape index (κ1) is 19.7. The summed E-state index contributed by atoms with van der Waals surface area (Å²) in [7, 11) is 0. The van der Waals surface area contributed by atoms with Gasteiger partial charge in [-0.2, -0.15) is 0 Å². The minimum atomic E-state index is -0.0705. The van der Waals surface area contributed by atoms with E-state index in [0.29, 0.717) is 23.8 Å². The van der Waals surface area contributed by atoms with E-state index in [-0.39, 0.29) is 11.8 Å². The molecular weight excluding hydrogens is 340 g/mol. The first-order valence-corrected chi connectivity index (χ1v) is 9.22. The predicted octanol–water partition coefficient (Wildman–Crippen LogP) is 1.81. The summed E-state index contributed by atoms with van der Waals surface area (Å²) in [4.78, 5) is 28.2. The molecule has 0 aliphatic carbocycles. The van der Waals surface area contributed by atoms with Gasteiger partial charge in [0.1, 0.15) is 0 Å². The van der Waals surface area contributed by atoms with Crippen LogP contribution in [0.3, 0.4) is 0 Å². The summed E-state index contributed by atoms with van der Waals surface area (Å²) in [5.41, 5.74) is 0.636. The van der Waals surface area contributed by atoms with E-state index in [9.17, 15) is 9.59 Å². The van der Waals surface area contributed by atoms with Gasteiger partial charge in [0.25, 0.3) is 0 Å². The molecule has 0 aromatic heterocycles. The van der Waals surface area contributed by atoms with Gasteiger partial charge in [0, 0.05) is 32.7 Å². The summed E-state index contributed by atoms with van der Waals surface area (Å²) in [6.45, 7) is 6.76. The molecule has 1 aromatic carbocycles. The molecule has 0 unspecified atom stereocenters. The van der Waals surface area contributed by atoms with Crippen molar-refractivity contribution in [1.29, 1.82) is 0 Å². The fourth-order valence-electron chi connectivity index (χ4n) is 2.72. The molecule has 1 fully saturated rings. The lowest BCUT2D eigenvalue weighted by molar-refractivity contribution is -0.123. The van der Waals surface area contributed by atoms with Crippen molar-refractivity contribution < 1.29 is 9.59 Å². The number of nitrogens with zero attached hydrogens (tertiary/aromatic N) is 2. The molecule has 25 heavy (non-hydrogen) atoms. The molecule has 1 aromatic rings. The zero-order chi connectivity index (χ0) is 18.1. The molecule has 0 saturated carbocycles. The number of nitrogens with one attached hydrogen (secondary N) is 2. The van der Waals surface area contributed by atoms with Crippen LogP contribution in [0.5, 0.6) is 0 Å². The molecular formula is C18H27ClN4O2. The molecule has 2 N–H and O–H groups in total. The van der Waals surface area contributed by atoms with Gasteiger partial charge in [0.05, 0.1) is 23.8 Å². The van der Waals surface area contributed by atoms with Gasteiger partial charge < -0.3 is 10.6 Å². The molecule has 0 atom stereocenters. The second-order valence-corrected chi connectivity index (χ2v) is 6.69. The first-order valence-electron chi connectivity index (χ1n) is 8.84. The van der Waals surface area contributed by atoms with Crippen molar-refractivity contribution >= 4 is 29.1 Å². The van der Waals surface area contributed by atoms with E-state index in [0.717, 1.165) is 45.6 Å². The molecule has 1 aliphatic heterocycles. The third-order valence-electron chi connectivity index (χ3n) is 4.20. The Morgan fingerprint density at radius 1 is 1.04 bits per heavy atom. The quantitative estimate of drug-likeness (QED) is 0.689. The van der Waals surface area contributed by atoms with Crippen molar-refractivity contribution in [1.82, 2.24) is 15.1 Å². The van der Waals surface area contributed by atoms with Gasteiger partial charge in [-0.25, -0.2) is 0 Å². The monoisotopic (exact) mass is 366 g/mol. The lowest BCUT2D eigenvalue weighted by atomic mass is 10.3. The maximum atomic E-state index is 12.1. The Labute approximate surface area is 154 Å². The largest absolute Gasteiger partial charge is 0.355 e. The molecule has 1 aliphatic rings. The van der Waals surface area contributed by atoms with E-state index in [1.54, 1.807) is 12.1 Å². The molecule has 2 rings (SSSR count). The van der Waals surface area contributed by atoms with Crippen molar-refractivity contribution in [3.63, 3.8) is 0 Å². The minimum absolute atomic E-state index is 0.0705. The van der Waals surface area contributed by atoms with Crippen LogP contribution < -0.4 is 10.6 Å². The first-order chi connectivity index (χ1) is 12.1. The Morgan fingerprint density at radius 3 is 2.24 bits per heavy atom.